The summed E-state index contributed by atoms with van der Waals surface area (Å²) in [5, 5.41) is 9.59. The van der Waals surface area contributed by atoms with E-state index < -0.39 is 5.82 Å². The zero-order chi connectivity index (χ0) is 11.7. The first kappa shape index (κ1) is 11.4. The molecule has 1 aromatic rings. The highest BCUT2D eigenvalue weighted by atomic mass is 19.1. The SMILES string of the molecule is CC1CN(Cc2cccc(F)c2O)CC1C. The van der Waals surface area contributed by atoms with Crippen molar-refractivity contribution < 1.29 is 9.50 Å². The van der Waals surface area contributed by atoms with Crippen molar-refractivity contribution in [3.63, 3.8) is 0 Å². The predicted molar refractivity (Wildman–Crippen MR) is 61.7 cm³/mol. The second-order valence-electron chi connectivity index (χ2n) is 4.90. The molecule has 0 bridgehead atoms. The molecule has 1 aliphatic heterocycles. The third-order valence-corrected chi connectivity index (χ3v) is 3.53. The number of aromatic hydroxyl groups is 1. The minimum atomic E-state index is -0.530. The van der Waals surface area contributed by atoms with Crippen LogP contribution in [0.25, 0.3) is 0 Å². The lowest BCUT2D eigenvalue weighted by atomic mass is 10.0. The Balaban J connectivity index is 2.08. The van der Waals surface area contributed by atoms with Crippen LogP contribution in [0.5, 0.6) is 5.75 Å². The van der Waals surface area contributed by atoms with Crippen LogP contribution in [-0.4, -0.2) is 23.1 Å². The van der Waals surface area contributed by atoms with Crippen molar-refractivity contribution in [3.05, 3.63) is 29.6 Å². The van der Waals surface area contributed by atoms with Gasteiger partial charge >= 0.3 is 0 Å². The largest absolute Gasteiger partial charge is 0.505 e. The molecule has 88 valence electrons. The molecule has 1 fully saturated rings. The van der Waals surface area contributed by atoms with Crippen LogP contribution in [0.4, 0.5) is 4.39 Å². The number of halogens is 1. The second-order valence-corrected chi connectivity index (χ2v) is 4.90. The number of likely N-dealkylation sites (tertiary alicyclic amines) is 1. The van der Waals surface area contributed by atoms with Crippen LogP contribution in [0.3, 0.4) is 0 Å². The van der Waals surface area contributed by atoms with E-state index in [1.54, 1.807) is 12.1 Å². The Morgan fingerprint density at radius 3 is 2.56 bits per heavy atom. The van der Waals surface area contributed by atoms with Gasteiger partial charge in [-0.2, -0.15) is 0 Å². The maximum absolute atomic E-state index is 13.1. The summed E-state index contributed by atoms with van der Waals surface area (Å²) in [6, 6.07) is 4.72. The molecule has 0 amide bonds. The molecular formula is C13H18FNO. The van der Waals surface area contributed by atoms with E-state index >= 15 is 0 Å². The molecule has 2 atom stereocenters. The third kappa shape index (κ3) is 2.19. The number of hydrogen-bond donors (Lipinski definition) is 1. The van der Waals surface area contributed by atoms with E-state index in [0.29, 0.717) is 23.9 Å². The van der Waals surface area contributed by atoms with Crippen LogP contribution in [0.15, 0.2) is 18.2 Å². The lowest BCUT2D eigenvalue weighted by Gasteiger charge is -2.16. The third-order valence-electron chi connectivity index (χ3n) is 3.53. The predicted octanol–water partition coefficient (Wildman–Crippen LogP) is 2.62. The van der Waals surface area contributed by atoms with Crippen molar-refractivity contribution in [1.29, 1.82) is 0 Å². The Morgan fingerprint density at radius 2 is 1.94 bits per heavy atom. The van der Waals surface area contributed by atoms with Crippen molar-refractivity contribution in [2.75, 3.05) is 13.1 Å². The summed E-state index contributed by atoms with van der Waals surface area (Å²) in [6.07, 6.45) is 0. The fraction of sp³-hybridized carbons (Fsp3) is 0.538. The number of para-hydroxylation sites is 1. The number of benzene rings is 1. The van der Waals surface area contributed by atoms with Crippen molar-refractivity contribution in [3.8, 4) is 5.75 Å². The summed E-state index contributed by atoms with van der Waals surface area (Å²) >= 11 is 0. The molecular weight excluding hydrogens is 205 g/mol. The quantitative estimate of drug-likeness (QED) is 0.833. The first-order chi connectivity index (χ1) is 7.58. The van der Waals surface area contributed by atoms with Crippen LogP contribution in [0.1, 0.15) is 19.4 Å². The van der Waals surface area contributed by atoms with Crippen molar-refractivity contribution in [1.82, 2.24) is 4.90 Å². The molecule has 0 aromatic heterocycles. The number of rotatable bonds is 2. The molecule has 2 rings (SSSR count). The average Bonchev–Trinajstić information content (AvgIpc) is 2.54. The van der Waals surface area contributed by atoms with Crippen molar-refractivity contribution in [2.24, 2.45) is 11.8 Å². The number of phenolic OH excluding ortho intramolecular Hbond substituents is 1. The van der Waals surface area contributed by atoms with Gasteiger partial charge in [0.15, 0.2) is 11.6 Å². The van der Waals surface area contributed by atoms with E-state index in [1.165, 1.54) is 6.07 Å². The summed E-state index contributed by atoms with van der Waals surface area (Å²) in [5.41, 5.74) is 0.682. The van der Waals surface area contributed by atoms with E-state index in [0.717, 1.165) is 13.1 Å². The van der Waals surface area contributed by atoms with Gasteiger partial charge in [0.05, 0.1) is 0 Å². The van der Waals surface area contributed by atoms with Crippen molar-refractivity contribution in [2.45, 2.75) is 20.4 Å². The van der Waals surface area contributed by atoms with E-state index in [-0.39, 0.29) is 5.75 Å². The zero-order valence-corrected chi connectivity index (χ0v) is 9.78. The normalized spacial score (nSPS) is 26.2. The Hall–Kier alpha value is -1.09. The Labute approximate surface area is 95.7 Å². The summed E-state index contributed by atoms with van der Waals surface area (Å²) in [6.45, 7) is 7.15. The molecule has 2 unspecified atom stereocenters. The number of nitrogens with zero attached hydrogens (tertiary/aromatic N) is 1. The average molecular weight is 223 g/mol. The van der Waals surface area contributed by atoms with Gasteiger partial charge in [-0.25, -0.2) is 4.39 Å². The Morgan fingerprint density at radius 1 is 1.31 bits per heavy atom. The molecule has 1 N–H and O–H groups in total. The van der Waals surface area contributed by atoms with Crippen LogP contribution in [0.2, 0.25) is 0 Å². The number of phenols is 1. The van der Waals surface area contributed by atoms with Gasteiger partial charge in [-0.1, -0.05) is 26.0 Å². The lowest BCUT2D eigenvalue weighted by molar-refractivity contribution is 0.307. The highest BCUT2D eigenvalue weighted by Crippen LogP contribution is 2.27. The molecule has 0 radical (unpaired) electrons. The fourth-order valence-corrected chi connectivity index (χ4v) is 2.31. The first-order valence-corrected chi connectivity index (χ1v) is 5.76. The number of hydrogen-bond acceptors (Lipinski definition) is 2. The molecule has 3 heteroatoms. The van der Waals surface area contributed by atoms with Gasteiger partial charge in [0.25, 0.3) is 0 Å². The molecule has 0 aliphatic carbocycles. The van der Waals surface area contributed by atoms with Gasteiger partial charge in [0, 0.05) is 25.2 Å². The van der Waals surface area contributed by atoms with Crippen LogP contribution in [-0.2, 0) is 6.54 Å². The molecule has 1 saturated heterocycles. The first-order valence-electron chi connectivity index (χ1n) is 5.76. The molecule has 1 aliphatic rings. The zero-order valence-electron chi connectivity index (χ0n) is 9.78. The Bertz CT molecular complexity index is 370. The van der Waals surface area contributed by atoms with Crippen LogP contribution < -0.4 is 0 Å². The van der Waals surface area contributed by atoms with Crippen molar-refractivity contribution >= 4 is 0 Å². The monoisotopic (exact) mass is 223 g/mol. The van der Waals surface area contributed by atoms with Gasteiger partial charge < -0.3 is 5.11 Å². The topological polar surface area (TPSA) is 23.5 Å². The minimum Gasteiger partial charge on any atom is -0.505 e. The summed E-state index contributed by atoms with van der Waals surface area (Å²) in [7, 11) is 0. The summed E-state index contributed by atoms with van der Waals surface area (Å²) in [4.78, 5) is 2.27. The smallest absolute Gasteiger partial charge is 0.165 e. The van der Waals surface area contributed by atoms with E-state index in [4.69, 9.17) is 0 Å². The van der Waals surface area contributed by atoms with Crippen LogP contribution in [0, 0.1) is 17.7 Å². The molecule has 0 saturated carbocycles. The molecule has 1 aromatic carbocycles. The van der Waals surface area contributed by atoms with Gasteiger partial charge in [0.2, 0.25) is 0 Å². The lowest BCUT2D eigenvalue weighted by Crippen LogP contribution is -2.20. The fourth-order valence-electron chi connectivity index (χ4n) is 2.31. The van der Waals surface area contributed by atoms with E-state index in [2.05, 4.69) is 18.7 Å². The van der Waals surface area contributed by atoms with Gasteiger partial charge in [0.1, 0.15) is 0 Å². The summed E-state index contributed by atoms with van der Waals surface area (Å²) in [5.74, 6) is 0.624. The molecule has 1 heterocycles. The standard InChI is InChI=1S/C13H18FNO/c1-9-6-15(7-10(9)2)8-11-4-3-5-12(14)13(11)16/h3-5,9-10,16H,6-8H2,1-2H3. The minimum absolute atomic E-state index is 0.199. The highest BCUT2D eigenvalue weighted by Gasteiger charge is 2.26. The van der Waals surface area contributed by atoms with Gasteiger partial charge in [-0.3, -0.25) is 4.90 Å². The van der Waals surface area contributed by atoms with E-state index in [1.807, 2.05) is 0 Å². The molecule has 16 heavy (non-hydrogen) atoms. The maximum Gasteiger partial charge on any atom is 0.165 e. The van der Waals surface area contributed by atoms with Gasteiger partial charge in [-0.15, -0.1) is 0 Å². The maximum atomic E-state index is 13.1. The summed E-state index contributed by atoms with van der Waals surface area (Å²) < 4.78 is 13.1. The Kier molecular flexibility index (Phi) is 3.15. The van der Waals surface area contributed by atoms with E-state index in [9.17, 15) is 9.50 Å². The van der Waals surface area contributed by atoms with Gasteiger partial charge in [-0.05, 0) is 17.9 Å². The van der Waals surface area contributed by atoms with Crippen LogP contribution >= 0.6 is 0 Å². The molecule has 2 nitrogen and oxygen atoms in total. The second kappa shape index (κ2) is 4.42. The highest BCUT2D eigenvalue weighted by molar-refractivity contribution is 5.33. The molecule has 0 spiro atoms.